The number of benzene rings is 1. The van der Waals surface area contributed by atoms with Gasteiger partial charge in [-0.1, -0.05) is 22.9 Å². The van der Waals surface area contributed by atoms with E-state index in [1.165, 1.54) is 6.07 Å². The SMILES string of the molecule is CCNC(c1cc(C)ccn1)c1cc(Br)ccc1F. The van der Waals surface area contributed by atoms with Crippen molar-refractivity contribution in [3.05, 3.63) is 63.6 Å². The molecular weight excluding hydrogens is 307 g/mol. The molecule has 0 aliphatic heterocycles. The molecule has 0 aliphatic carbocycles. The second-order valence-corrected chi connectivity index (χ2v) is 5.33. The predicted octanol–water partition coefficient (Wildman–Crippen LogP) is 3.99. The summed E-state index contributed by atoms with van der Waals surface area (Å²) in [5.41, 5.74) is 2.55. The number of aromatic nitrogens is 1. The van der Waals surface area contributed by atoms with Crippen LogP contribution in [0.5, 0.6) is 0 Å². The number of hydrogen-bond donors (Lipinski definition) is 1. The molecule has 1 aromatic heterocycles. The Labute approximate surface area is 121 Å². The molecule has 1 N–H and O–H groups in total. The van der Waals surface area contributed by atoms with Crippen LogP contribution in [0.2, 0.25) is 0 Å². The number of rotatable bonds is 4. The molecule has 0 spiro atoms. The summed E-state index contributed by atoms with van der Waals surface area (Å²) in [7, 11) is 0. The second kappa shape index (κ2) is 6.26. The minimum absolute atomic E-state index is 0.225. The molecule has 2 rings (SSSR count). The van der Waals surface area contributed by atoms with Gasteiger partial charge in [0, 0.05) is 16.2 Å². The molecule has 1 aromatic carbocycles. The highest BCUT2D eigenvalue weighted by Crippen LogP contribution is 2.26. The summed E-state index contributed by atoms with van der Waals surface area (Å²) in [6.07, 6.45) is 1.75. The van der Waals surface area contributed by atoms with Gasteiger partial charge < -0.3 is 5.32 Å². The van der Waals surface area contributed by atoms with Crippen LogP contribution in [-0.2, 0) is 0 Å². The van der Waals surface area contributed by atoms with Gasteiger partial charge >= 0.3 is 0 Å². The van der Waals surface area contributed by atoms with Crippen LogP contribution in [-0.4, -0.2) is 11.5 Å². The predicted molar refractivity (Wildman–Crippen MR) is 78.6 cm³/mol. The molecule has 0 bridgehead atoms. The van der Waals surface area contributed by atoms with Crippen LogP contribution in [0.25, 0.3) is 0 Å². The van der Waals surface area contributed by atoms with Crippen molar-refractivity contribution >= 4 is 15.9 Å². The van der Waals surface area contributed by atoms with Crippen molar-refractivity contribution in [1.29, 1.82) is 0 Å². The third kappa shape index (κ3) is 3.39. The van der Waals surface area contributed by atoms with Crippen LogP contribution in [0, 0.1) is 12.7 Å². The quantitative estimate of drug-likeness (QED) is 0.920. The van der Waals surface area contributed by atoms with E-state index in [4.69, 9.17) is 0 Å². The van der Waals surface area contributed by atoms with Crippen molar-refractivity contribution in [2.24, 2.45) is 0 Å². The van der Waals surface area contributed by atoms with Crippen LogP contribution in [0.4, 0.5) is 4.39 Å². The van der Waals surface area contributed by atoms with Crippen molar-refractivity contribution < 1.29 is 4.39 Å². The van der Waals surface area contributed by atoms with Crippen LogP contribution >= 0.6 is 15.9 Å². The van der Waals surface area contributed by atoms with Gasteiger partial charge in [-0.05, 0) is 49.4 Å². The lowest BCUT2D eigenvalue weighted by Crippen LogP contribution is -2.24. The summed E-state index contributed by atoms with van der Waals surface area (Å²) in [5.74, 6) is -0.225. The molecule has 0 saturated heterocycles. The summed E-state index contributed by atoms with van der Waals surface area (Å²) in [4.78, 5) is 4.36. The normalized spacial score (nSPS) is 12.4. The summed E-state index contributed by atoms with van der Waals surface area (Å²) >= 11 is 3.39. The fourth-order valence-corrected chi connectivity index (χ4v) is 2.41. The Bertz CT molecular complexity index is 572. The molecule has 4 heteroatoms. The van der Waals surface area contributed by atoms with Gasteiger partial charge in [-0.3, -0.25) is 4.98 Å². The molecule has 1 unspecified atom stereocenters. The summed E-state index contributed by atoms with van der Waals surface area (Å²) in [6.45, 7) is 4.75. The molecule has 1 atom stereocenters. The topological polar surface area (TPSA) is 24.9 Å². The van der Waals surface area contributed by atoms with Gasteiger partial charge in [-0.2, -0.15) is 0 Å². The number of pyridine rings is 1. The number of nitrogens with zero attached hydrogens (tertiary/aromatic N) is 1. The first-order chi connectivity index (χ1) is 9.11. The number of nitrogens with one attached hydrogen (secondary N) is 1. The molecule has 0 fully saturated rings. The van der Waals surface area contributed by atoms with Crippen LogP contribution < -0.4 is 5.32 Å². The van der Waals surface area contributed by atoms with Crippen LogP contribution in [0.3, 0.4) is 0 Å². The highest BCUT2D eigenvalue weighted by Gasteiger charge is 2.18. The molecule has 2 aromatic rings. The Morgan fingerprint density at radius 3 is 2.79 bits per heavy atom. The Morgan fingerprint density at radius 1 is 1.32 bits per heavy atom. The first-order valence-corrected chi connectivity index (χ1v) is 7.02. The van der Waals surface area contributed by atoms with Crippen LogP contribution in [0.15, 0.2) is 41.0 Å². The molecule has 0 radical (unpaired) electrons. The van der Waals surface area contributed by atoms with Crippen molar-refractivity contribution in [3.8, 4) is 0 Å². The second-order valence-electron chi connectivity index (χ2n) is 4.41. The number of halogens is 2. The van der Waals surface area contributed by atoms with E-state index in [-0.39, 0.29) is 11.9 Å². The molecule has 1 heterocycles. The zero-order valence-corrected chi connectivity index (χ0v) is 12.5. The lowest BCUT2D eigenvalue weighted by molar-refractivity contribution is 0.551. The van der Waals surface area contributed by atoms with Gasteiger partial charge in [0.05, 0.1) is 11.7 Å². The van der Waals surface area contributed by atoms with Crippen molar-refractivity contribution in [1.82, 2.24) is 10.3 Å². The fourth-order valence-electron chi connectivity index (χ4n) is 2.03. The standard InChI is InChI=1S/C15H16BrFN2/c1-3-18-15(14-8-10(2)6-7-19-14)12-9-11(16)4-5-13(12)17/h4-9,15,18H,3H2,1-2H3. The maximum Gasteiger partial charge on any atom is 0.128 e. The monoisotopic (exact) mass is 322 g/mol. The van der Waals surface area contributed by atoms with Crippen LogP contribution in [0.1, 0.15) is 29.8 Å². The Balaban J connectivity index is 2.48. The molecule has 19 heavy (non-hydrogen) atoms. The van der Waals surface area contributed by atoms with Gasteiger partial charge in [0.25, 0.3) is 0 Å². The number of hydrogen-bond acceptors (Lipinski definition) is 2. The Hall–Kier alpha value is -1.26. The van der Waals surface area contributed by atoms with Crippen molar-refractivity contribution in [3.63, 3.8) is 0 Å². The first kappa shape index (κ1) is 14.2. The minimum atomic E-state index is -0.234. The molecule has 0 amide bonds. The van der Waals surface area contributed by atoms with E-state index in [0.717, 1.165) is 22.3 Å². The maximum atomic E-state index is 14.0. The lowest BCUT2D eigenvalue weighted by atomic mass is 10.0. The molecule has 2 nitrogen and oxygen atoms in total. The highest BCUT2D eigenvalue weighted by atomic mass is 79.9. The van der Waals surface area contributed by atoms with E-state index < -0.39 is 0 Å². The summed E-state index contributed by atoms with van der Waals surface area (Å²) in [6, 6.07) is 8.65. The fraction of sp³-hybridized carbons (Fsp3) is 0.267. The van der Waals surface area contributed by atoms with Gasteiger partial charge in [-0.25, -0.2) is 4.39 Å². The van der Waals surface area contributed by atoms with E-state index in [9.17, 15) is 4.39 Å². The smallest absolute Gasteiger partial charge is 0.128 e. The third-order valence-corrected chi connectivity index (χ3v) is 3.40. The highest BCUT2D eigenvalue weighted by molar-refractivity contribution is 9.10. The van der Waals surface area contributed by atoms with E-state index in [1.54, 1.807) is 18.3 Å². The largest absolute Gasteiger partial charge is 0.305 e. The zero-order valence-electron chi connectivity index (χ0n) is 11.0. The van der Waals surface area contributed by atoms with Gasteiger partial charge in [0.2, 0.25) is 0 Å². The molecule has 100 valence electrons. The van der Waals surface area contributed by atoms with E-state index >= 15 is 0 Å². The lowest BCUT2D eigenvalue weighted by Gasteiger charge is -2.19. The third-order valence-electron chi connectivity index (χ3n) is 2.91. The Kier molecular flexibility index (Phi) is 4.66. The van der Waals surface area contributed by atoms with Gasteiger partial charge in [-0.15, -0.1) is 0 Å². The van der Waals surface area contributed by atoms with Gasteiger partial charge in [0.1, 0.15) is 5.82 Å². The number of aryl methyl sites for hydroxylation is 1. The van der Waals surface area contributed by atoms with E-state index in [0.29, 0.717) is 5.56 Å². The van der Waals surface area contributed by atoms with Crippen molar-refractivity contribution in [2.75, 3.05) is 6.54 Å². The van der Waals surface area contributed by atoms with E-state index in [1.807, 2.05) is 26.0 Å². The average Bonchev–Trinajstić information content (AvgIpc) is 2.39. The maximum absolute atomic E-state index is 14.0. The molecular formula is C15H16BrFN2. The minimum Gasteiger partial charge on any atom is -0.305 e. The average molecular weight is 323 g/mol. The summed E-state index contributed by atoms with van der Waals surface area (Å²) < 4.78 is 14.9. The molecule has 0 saturated carbocycles. The van der Waals surface area contributed by atoms with Crippen molar-refractivity contribution in [2.45, 2.75) is 19.9 Å². The van der Waals surface area contributed by atoms with Gasteiger partial charge in [0.15, 0.2) is 0 Å². The summed E-state index contributed by atoms with van der Waals surface area (Å²) in [5, 5.41) is 3.29. The zero-order chi connectivity index (χ0) is 13.8. The molecule has 0 aliphatic rings. The Morgan fingerprint density at radius 2 is 2.11 bits per heavy atom. The van der Waals surface area contributed by atoms with E-state index in [2.05, 4.69) is 26.2 Å². The first-order valence-electron chi connectivity index (χ1n) is 6.22.